The van der Waals surface area contributed by atoms with Crippen LogP contribution in [-0.4, -0.2) is 24.0 Å². The van der Waals surface area contributed by atoms with Crippen LogP contribution in [0, 0.1) is 0 Å². The van der Waals surface area contributed by atoms with E-state index in [-0.39, 0.29) is 24.2 Å². The number of halogens is 4. The van der Waals surface area contributed by atoms with Gasteiger partial charge >= 0.3 is 6.36 Å². The fourth-order valence-electron chi connectivity index (χ4n) is 1.18. The fourth-order valence-corrected chi connectivity index (χ4v) is 1.46. The molecule has 1 atom stereocenters. The lowest BCUT2D eigenvalue weighted by Gasteiger charge is -2.12. The highest BCUT2D eigenvalue weighted by Gasteiger charge is 2.31. The minimum absolute atomic E-state index is 0.150. The molecule has 1 N–H and O–H groups in total. The van der Waals surface area contributed by atoms with E-state index < -0.39 is 6.36 Å². The van der Waals surface area contributed by atoms with E-state index in [9.17, 15) is 13.2 Å². The molecule has 0 radical (unpaired) electrons. The summed E-state index contributed by atoms with van der Waals surface area (Å²) in [7, 11) is 0. The summed E-state index contributed by atoms with van der Waals surface area (Å²) < 4.78 is 39.3. The lowest BCUT2D eigenvalue weighted by Crippen LogP contribution is -2.17. The van der Waals surface area contributed by atoms with Crippen LogP contribution in [-0.2, 0) is 0 Å². The van der Waals surface area contributed by atoms with Crippen molar-refractivity contribution in [1.29, 1.82) is 0 Å². The number of rotatable bonds is 4. The van der Waals surface area contributed by atoms with Crippen molar-refractivity contribution in [3.8, 4) is 5.75 Å². The molecule has 0 aliphatic heterocycles. The average molecular weight is 255 g/mol. The highest BCUT2D eigenvalue weighted by Crippen LogP contribution is 2.25. The van der Waals surface area contributed by atoms with Crippen molar-refractivity contribution in [3.63, 3.8) is 0 Å². The second kappa shape index (κ2) is 5.41. The first kappa shape index (κ1) is 13.1. The molecule has 0 saturated carbocycles. The molecule has 0 heterocycles. The smallest absolute Gasteiger partial charge is 0.406 e. The molecule has 0 aromatic heterocycles. The lowest BCUT2D eigenvalue weighted by molar-refractivity contribution is -0.274. The first-order valence-electron chi connectivity index (χ1n) is 4.49. The Labute approximate surface area is 95.6 Å². The molecule has 16 heavy (non-hydrogen) atoms. The molecule has 1 rings (SSSR count). The van der Waals surface area contributed by atoms with Crippen LogP contribution in [0.4, 0.5) is 13.2 Å². The predicted octanol–water partition coefficient (Wildman–Crippen LogP) is 2.90. The summed E-state index contributed by atoms with van der Waals surface area (Å²) in [6.45, 7) is -0.150. The van der Waals surface area contributed by atoms with E-state index in [1.807, 2.05) is 0 Å². The summed E-state index contributed by atoms with van der Waals surface area (Å²) >= 11 is 5.58. The van der Waals surface area contributed by atoms with Gasteiger partial charge in [0.15, 0.2) is 0 Å². The molecular weight excluding hydrogens is 245 g/mol. The first-order valence-corrected chi connectivity index (χ1v) is 5.02. The maximum atomic E-state index is 11.8. The Balaban J connectivity index is 2.75. The zero-order chi connectivity index (χ0) is 12.2. The third-order valence-electron chi connectivity index (χ3n) is 1.99. The average Bonchev–Trinajstić information content (AvgIpc) is 2.20. The zero-order valence-corrected chi connectivity index (χ0v) is 8.92. The molecule has 0 bridgehead atoms. The molecular formula is C10H10ClF3O2. The quantitative estimate of drug-likeness (QED) is 0.837. The normalized spacial score (nSPS) is 13.6. The minimum Gasteiger partial charge on any atom is -0.406 e. The van der Waals surface area contributed by atoms with Crippen molar-refractivity contribution in [1.82, 2.24) is 0 Å². The molecule has 1 unspecified atom stereocenters. The van der Waals surface area contributed by atoms with Crippen LogP contribution in [0.15, 0.2) is 24.3 Å². The summed E-state index contributed by atoms with van der Waals surface area (Å²) in [5.41, 5.74) is 0.673. The van der Waals surface area contributed by atoms with Gasteiger partial charge in [0.1, 0.15) is 5.75 Å². The Morgan fingerprint density at radius 2 is 1.81 bits per heavy atom. The van der Waals surface area contributed by atoms with E-state index in [1.165, 1.54) is 24.3 Å². The zero-order valence-electron chi connectivity index (χ0n) is 8.17. The summed E-state index contributed by atoms with van der Waals surface area (Å²) in [6, 6.07) is 5.28. The van der Waals surface area contributed by atoms with E-state index in [2.05, 4.69) is 4.74 Å². The Morgan fingerprint density at radius 3 is 2.19 bits per heavy atom. The van der Waals surface area contributed by atoms with Gasteiger partial charge in [-0.1, -0.05) is 12.1 Å². The molecule has 6 heteroatoms. The van der Waals surface area contributed by atoms with Gasteiger partial charge in [-0.15, -0.1) is 24.8 Å². The SMILES string of the molecule is OCC(CCl)c1ccc(OC(F)(F)F)cc1. The van der Waals surface area contributed by atoms with Crippen molar-refractivity contribution in [3.05, 3.63) is 29.8 Å². The first-order chi connectivity index (χ1) is 7.46. The van der Waals surface area contributed by atoms with E-state index in [0.29, 0.717) is 5.56 Å². The molecule has 1 aromatic carbocycles. The monoisotopic (exact) mass is 254 g/mol. The largest absolute Gasteiger partial charge is 0.573 e. The predicted molar refractivity (Wildman–Crippen MR) is 53.7 cm³/mol. The van der Waals surface area contributed by atoms with Gasteiger partial charge in [-0.2, -0.15) is 0 Å². The topological polar surface area (TPSA) is 29.5 Å². The molecule has 0 fully saturated rings. The molecule has 90 valence electrons. The summed E-state index contributed by atoms with van der Waals surface area (Å²) in [5.74, 6) is -0.361. The Kier molecular flexibility index (Phi) is 4.44. The highest BCUT2D eigenvalue weighted by molar-refractivity contribution is 6.18. The van der Waals surface area contributed by atoms with Crippen LogP contribution in [0.25, 0.3) is 0 Å². The summed E-state index contributed by atoms with van der Waals surface area (Å²) in [5, 5.41) is 8.94. The number of hydrogen-bond donors (Lipinski definition) is 1. The Bertz CT molecular complexity index is 320. The molecule has 0 amide bonds. The minimum atomic E-state index is -4.69. The van der Waals surface area contributed by atoms with E-state index in [1.54, 1.807) is 0 Å². The van der Waals surface area contributed by atoms with Crippen LogP contribution in [0.2, 0.25) is 0 Å². The summed E-state index contributed by atoms with van der Waals surface area (Å²) in [6.07, 6.45) is -4.69. The highest BCUT2D eigenvalue weighted by atomic mass is 35.5. The fraction of sp³-hybridized carbons (Fsp3) is 0.400. The summed E-state index contributed by atoms with van der Waals surface area (Å²) in [4.78, 5) is 0. The molecule has 0 spiro atoms. The van der Waals surface area contributed by atoms with E-state index >= 15 is 0 Å². The molecule has 0 saturated heterocycles. The van der Waals surface area contributed by atoms with Gasteiger partial charge in [0.25, 0.3) is 0 Å². The van der Waals surface area contributed by atoms with E-state index in [0.717, 1.165) is 0 Å². The molecule has 2 nitrogen and oxygen atoms in total. The number of alkyl halides is 4. The van der Waals surface area contributed by atoms with Gasteiger partial charge in [0.05, 0.1) is 6.61 Å². The van der Waals surface area contributed by atoms with Crippen LogP contribution in [0.3, 0.4) is 0 Å². The molecule has 0 aliphatic carbocycles. The number of benzene rings is 1. The van der Waals surface area contributed by atoms with Crippen LogP contribution >= 0.6 is 11.6 Å². The lowest BCUT2D eigenvalue weighted by atomic mass is 10.0. The maximum Gasteiger partial charge on any atom is 0.573 e. The van der Waals surface area contributed by atoms with Gasteiger partial charge in [-0.05, 0) is 17.7 Å². The van der Waals surface area contributed by atoms with Crippen LogP contribution in [0.5, 0.6) is 5.75 Å². The van der Waals surface area contributed by atoms with Crippen LogP contribution < -0.4 is 4.74 Å². The Morgan fingerprint density at radius 1 is 1.25 bits per heavy atom. The second-order valence-electron chi connectivity index (χ2n) is 3.15. The van der Waals surface area contributed by atoms with E-state index in [4.69, 9.17) is 16.7 Å². The van der Waals surface area contributed by atoms with Gasteiger partial charge in [-0.3, -0.25) is 0 Å². The number of ether oxygens (including phenoxy) is 1. The maximum absolute atomic E-state index is 11.8. The van der Waals surface area contributed by atoms with Crippen molar-refractivity contribution in [2.45, 2.75) is 12.3 Å². The van der Waals surface area contributed by atoms with Gasteiger partial charge in [-0.25, -0.2) is 0 Å². The third-order valence-corrected chi connectivity index (χ3v) is 2.36. The number of aliphatic hydroxyl groups excluding tert-OH is 1. The Hall–Kier alpha value is -0.940. The van der Waals surface area contributed by atoms with Crippen LogP contribution in [0.1, 0.15) is 11.5 Å². The standard InChI is InChI=1S/C10H10ClF3O2/c11-5-8(6-15)7-1-3-9(4-2-7)16-10(12,13)14/h1-4,8,15H,5-6H2. The molecule has 1 aromatic rings. The van der Waals surface area contributed by atoms with Gasteiger partial charge in [0, 0.05) is 11.8 Å². The van der Waals surface area contributed by atoms with Crippen molar-refractivity contribution in [2.24, 2.45) is 0 Å². The number of aliphatic hydroxyl groups is 1. The third kappa shape index (κ3) is 3.90. The second-order valence-corrected chi connectivity index (χ2v) is 3.46. The van der Waals surface area contributed by atoms with Gasteiger partial charge < -0.3 is 9.84 Å². The van der Waals surface area contributed by atoms with Crippen molar-refractivity contribution >= 4 is 11.6 Å². The number of hydrogen-bond acceptors (Lipinski definition) is 2. The van der Waals surface area contributed by atoms with Crippen molar-refractivity contribution < 1.29 is 23.0 Å². The molecule has 0 aliphatic rings. The van der Waals surface area contributed by atoms with Crippen molar-refractivity contribution in [2.75, 3.05) is 12.5 Å². The van der Waals surface area contributed by atoms with Gasteiger partial charge in [0.2, 0.25) is 0 Å².